The minimum absolute atomic E-state index is 0.149. The minimum Gasteiger partial charge on any atom is -0.497 e. The Labute approximate surface area is 168 Å². The highest BCUT2D eigenvalue weighted by Gasteiger charge is 2.20. The lowest BCUT2D eigenvalue weighted by atomic mass is 10.2. The molecule has 8 heteroatoms. The lowest BCUT2D eigenvalue weighted by Crippen LogP contribution is -2.25. The van der Waals surface area contributed by atoms with E-state index in [9.17, 15) is 4.79 Å². The van der Waals surface area contributed by atoms with Gasteiger partial charge in [0, 0.05) is 5.56 Å². The molecule has 2 heterocycles. The van der Waals surface area contributed by atoms with Gasteiger partial charge in [-0.3, -0.25) is 9.36 Å². The van der Waals surface area contributed by atoms with Gasteiger partial charge >= 0.3 is 5.97 Å². The van der Waals surface area contributed by atoms with E-state index in [2.05, 4.69) is 10.2 Å². The Kier molecular flexibility index (Phi) is 6.08. The molecule has 0 radical (unpaired) electrons. The summed E-state index contributed by atoms with van der Waals surface area (Å²) in [7, 11) is 1.62. The van der Waals surface area contributed by atoms with Gasteiger partial charge in [0.25, 0.3) is 0 Å². The molecule has 0 atom stereocenters. The second-order valence-electron chi connectivity index (χ2n) is 7.08. The quantitative estimate of drug-likeness (QED) is 0.437. The number of benzene rings is 1. The van der Waals surface area contributed by atoms with Crippen LogP contribution in [0.3, 0.4) is 0 Å². The van der Waals surface area contributed by atoms with Crippen LogP contribution in [0.4, 0.5) is 0 Å². The number of rotatable bonds is 7. The van der Waals surface area contributed by atoms with Gasteiger partial charge in [-0.25, -0.2) is 0 Å². The molecule has 0 saturated heterocycles. The molecule has 0 N–H and O–H groups in total. The zero-order chi connectivity index (χ0) is 20.1. The number of nitrogens with zero attached hydrogens (tertiary/aromatic N) is 3. The third-order valence-electron chi connectivity index (χ3n) is 3.70. The smallest absolute Gasteiger partial charge is 0.316 e. The number of carbonyl (C=O) groups excluding carboxylic acids is 1. The summed E-state index contributed by atoms with van der Waals surface area (Å²) in [4.78, 5) is 12.1. The third-order valence-corrected chi connectivity index (χ3v) is 4.64. The number of methoxy groups -OCH3 is 1. The SMILES string of the molecule is COc1ccc(-c2nnc(SCC(=O)OC(C)(C)C)n2Cc2ccco2)cc1. The standard InChI is InChI=1S/C20H23N3O4S/c1-20(2,3)27-17(24)13-28-19-22-21-18(14-7-9-15(25-4)10-8-14)23(19)12-16-6-5-11-26-16/h5-11H,12-13H2,1-4H3. The van der Waals surface area contributed by atoms with E-state index >= 15 is 0 Å². The number of hydrogen-bond donors (Lipinski definition) is 0. The molecule has 28 heavy (non-hydrogen) atoms. The molecule has 2 aromatic heterocycles. The topological polar surface area (TPSA) is 79.4 Å². The Morgan fingerprint density at radius 3 is 2.54 bits per heavy atom. The second kappa shape index (κ2) is 8.52. The summed E-state index contributed by atoms with van der Waals surface area (Å²) in [6.45, 7) is 5.99. The molecule has 0 aliphatic heterocycles. The first-order valence-corrected chi connectivity index (χ1v) is 9.79. The van der Waals surface area contributed by atoms with E-state index in [4.69, 9.17) is 13.9 Å². The fraction of sp³-hybridized carbons (Fsp3) is 0.350. The molecule has 0 aliphatic rings. The first-order valence-electron chi connectivity index (χ1n) is 8.80. The van der Waals surface area contributed by atoms with Crippen LogP contribution >= 0.6 is 11.8 Å². The first-order chi connectivity index (χ1) is 13.4. The van der Waals surface area contributed by atoms with Crippen LogP contribution in [0.2, 0.25) is 0 Å². The van der Waals surface area contributed by atoms with Crippen LogP contribution < -0.4 is 4.74 Å². The summed E-state index contributed by atoms with van der Waals surface area (Å²) in [5.41, 5.74) is 0.372. The highest BCUT2D eigenvalue weighted by atomic mass is 32.2. The molecular formula is C20H23N3O4S. The Hall–Kier alpha value is -2.74. The third kappa shape index (κ3) is 5.16. The zero-order valence-electron chi connectivity index (χ0n) is 16.3. The summed E-state index contributed by atoms with van der Waals surface area (Å²) >= 11 is 1.29. The van der Waals surface area contributed by atoms with E-state index in [1.807, 2.05) is 61.7 Å². The van der Waals surface area contributed by atoms with Crippen molar-refractivity contribution in [3.63, 3.8) is 0 Å². The number of aromatic nitrogens is 3. The first kappa shape index (κ1) is 20.0. The van der Waals surface area contributed by atoms with E-state index in [1.54, 1.807) is 13.4 Å². The molecule has 0 amide bonds. The van der Waals surface area contributed by atoms with E-state index in [0.717, 1.165) is 17.1 Å². The molecule has 3 aromatic rings. The average Bonchev–Trinajstić information content (AvgIpc) is 3.29. The molecular weight excluding hydrogens is 378 g/mol. The monoisotopic (exact) mass is 401 g/mol. The van der Waals surface area contributed by atoms with Gasteiger partial charge in [0.05, 0.1) is 25.7 Å². The molecule has 0 bridgehead atoms. The highest BCUT2D eigenvalue weighted by Crippen LogP contribution is 2.27. The zero-order valence-corrected chi connectivity index (χ0v) is 17.2. The lowest BCUT2D eigenvalue weighted by Gasteiger charge is -2.19. The van der Waals surface area contributed by atoms with Crippen molar-refractivity contribution in [2.75, 3.05) is 12.9 Å². The van der Waals surface area contributed by atoms with E-state index in [1.165, 1.54) is 11.8 Å². The molecule has 3 rings (SSSR count). The van der Waals surface area contributed by atoms with Crippen LogP contribution in [0.5, 0.6) is 5.75 Å². The van der Waals surface area contributed by atoms with Gasteiger partial charge in [0.15, 0.2) is 11.0 Å². The number of hydrogen-bond acceptors (Lipinski definition) is 7. The van der Waals surface area contributed by atoms with Crippen molar-refractivity contribution < 1.29 is 18.7 Å². The van der Waals surface area contributed by atoms with Crippen molar-refractivity contribution in [1.29, 1.82) is 0 Å². The van der Waals surface area contributed by atoms with Crippen LogP contribution in [0, 0.1) is 0 Å². The van der Waals surface area contributed by atoms with Gasteiger partial charge < -0.3 is 13.9 Å². The van der Waals surface area contributed by atoms with Crippen LogP contribution in [0.15, 0.2) is 52.2 Å². The van der Waals surface area contributed by atoms with Gasteiger partial charge in [0.2, 0.25) is 0 Å². The van der Waals surface area contributed by atoms with Crippen molar-refractivity contribution in [2.45, 2.75) is 38.1 Å². The van der Waals surface area contributed by atoms with Crippen LogP contribution in [0.25, 0.3) is 11.4 Å². The maximum Gasteiger partial charge on any atom is 0.316 e. The van der Waals surface area contributed by atoms with Gasteiger partial charge in [-0.1, -0.05) is 11.8 Å². The van der Waals surface area contributed by atoms with Crippen LogP contribution in [-0.2, 0) is 16.1 Å². The summed E-state index contributed by atoms with van der Waals surface area (Å²) < 4.78 is 18.0. The summed E-state index contributed by atoms with van der Waals surface area (Å²) in [5.74, 6) is 2.08. The predicted molar refractivity (Wildman–Crippen MR) is 106 cm³/mol. The van der Waals surface area contributed by atoms with Crippen LogP contribution in [0.1, 0.15) is 26.5 Å². The fourth-order valence-corrected chi connectivity index (χ4v) is 3.26. The van der Waals surface area contributed by atoms with Gasteiger partial charge in [0.1, 0.15) is 17.1 Å². The Balaban J connectivity index is 1.85. The molecule has 0 unspecified atom stereocenters. The van der Waals surface area contributed by atoms with Crippen molar-refractivity contribution >= 4 is 17.7 Å². The maximum absolute atomic E-state index is 12.1. The normalized spacial score (nSPS) is 11.4. The van der Waals surface area contributed by atoms with Crippen molar-refractivity contribution in [3.8, 4) is 17.1 Å². The number of esters is 1. The fourth-order valence-electron chi connectivity index (χ4n) is 2.54. The molecule has 0 saturated carbocycles. The average molecular weight is 401 g/mol. The molecule has 1 aromatic carbocycles. The molecule has 0 aliphatic carbocycles. The summed E-state index contributed by atoms with van der Waals surface area (Å²) in [6.07, 6.45) is 1.63. The lowest BCUT2D eigenvalue weighted by molar-refractivity contribution is -0.151. The van der Waals surface area contributed by atoms with Crippen molar-refractivity contribution in [2.24, 2.45) is 0 Å². The minimum atomic E-state index is -0.520. The Bertz CT molecular complexity index is 912. The van der Waals surface area contributed by atoms with Crippen molar-refractivity contribution in [1.82, 2.24) is 14.8 Å². The number of thioether (sulfide) groups is 1. The second-order valence-corrected chi connectivity index (χ2v) is 8.02. The maximum atomic E-state index is 12.1. The molecule has 7 nitrogen and oxygen atoms in total. The highest BCUT2D eigenvalue weighted by molar-refractivity contribution is 7.99. The van der Waals surface area contributed by atoms with Crippen molar-refractivity contribution in [3.05, 3.63) is 48.4 Å². The predicted octanol–water partition coefficient (Wildman–Crippen LogP) is 4.03. The van der Waals surface area contributed by atoms with Gasteiger partial charge in [-0.05, 0) is 57.2 Å². The van der Waals surface area contributed by atoms with E-state index in [-0.39, 0.29) is 11.7 Å². The van der Waals surface area contributed by atoms with E-state index < -0.39 is 5.60 Å². The largest absolute Gasteiger partial charge is 0.497 e. The molecule has 0 spiro atoms. The molecule has 0 fully saturated rings. The number of ether oxygens (including phenoxy) is 2. The number of carbonyl (C=O) groups is 1. The van der Waals surface area contributed by atoms with Gasteiger partial charge in [-0.15, -0.1) is 10.2 Å². The molecule has 148 valence electrons. The Morgan fingerprint density at radius 2 is 1.93 bits per heavy atom. The number of furan rings is 1. The summed E-state index contributed by atoms with van der Waals surface area (Å²) in [6, 6.07) is 11.3. The van der Waals surface area contributed by atoms with Crippen LogP contribution in [-0.4, -0.2) is 39.2 Å². The summed E-state index contributed by atoms with van der Waals surface area (Å²) in [5, 5.41) is 9.23. The Morgan fingerprint density at radius 1 is 1.18 bits per heavy atom. The van der Waals surface area contributed by atoms with E-state index in [0.29, 0.717) is 17.5 Å². The van der Waals surface area contributed by atoms with Gasteiger partial charge in [-0.2, -0.15) is 0 Å².